The minimum atomic E-state index is 0.775. The van der Waals surface area contributed by atoms with Crippen LogP contribution in [-0.4, -0.2) is 39.6 Å². The highest BCUT2D eigenvalue weighted by Gasteiger charge is 2.25. The third-order valence-electron chi connectivity index (χ3n) is 25.3. The summed E-state index contributed by atoms with van der Waals surface area (Å²) in [6, 6.07) is 55.5. The van der Waals surface area contributed by atoms with E-state index in [0.717, 1.165) is 190 Å². The lowest BCUT2D eigenvalue weighted by Gasteiger charge is -2.28. The molecule has 120 heavy (non-hydrogen) atoms. The second-order valence-corrected chi connectivity index (χ2v) is 35.7. The molecule has 0 radical (unpaired) electrons. The Balaban J connectivity index is 1.30. The van der Waals surface area contributed by atoms with E-state index in [1.165, 1.54) is 303 Å². The van der Waals surface area contributed by atoms with Crippen molar-refractivity contribution >= 4 is 0 Å². The van der Waals surface area contributed by atoms with E-state index in [1.54, 1.807) is 33.4 Å². The molecule has 0 N–H and O–H groups in total. The van der Waals surface area contributed by atoms with Crippen LogP contribution >= 0.6 is 0 Å². The van der Waals surface area contributed by atoms with Gasteiger partial charge in [0.1, 0.15) is 34.5 Å². The SMILES string of the molecule is CCCCCCCCCCOc1ccc(CCc2c(CCc3ccc(OCCCCCCCCCC)cc3)c(CCc3ccc(OCCCCCCCCCC)cc3)c(CCc3ccc(OCCCCCCCCCC)cc3)c(CCc3ccc(OCCCCCCCCCC)cc3)c2CCc2ccc(OCCCCCCCCCC)cc2)cc1. The summed E-state index contributed by atoms with van der Waals surface area (Å²) in [4.78, 5) is 0. The molecule has 0 aliphatic heterocycles. The molecule has 6 nitrogen and oxygen atoms in total. The number of rotatable bonds is 78. The standard InChI is InChI=1S/C114H174O6/c1-7-13-19-25-31-37-43-49-91-115-103-73-55-97(56-74-103)67-85-109-110(86-68-98-57-75-104(76-58-98)116-92-50-44-38-32-26-20-14-8-2)112(88-70-100-61-79-106(80-62-100)118-94-52-46-40-34-28-22-16-10-4)114(90-72-102-65-83-108(84-66-102)120-96-54-48-42-36-30-24-18-12-6)113(89-71-101-63-81-107(82-64-101)119-95-53-47-41-35-29-23-17-11-5)111(109)87-69-99-59-77-105(78-60-99)117-93-51-45-39-33-27-21-15-9-3/h55-66,73-84H,7-54,67-72,85-96H2,1-6H3. The summed E-state index contributed by atoms with van der Waals surface area (Å²) >= 11 is 0. The fraction of sp³-hybridized carbons (Fsp3) is 0.632. The number of hydrogen-bond donors (Lipinski definition) is 0. The first-order valence-electron chi connectivity index (χ1n) is 50.9. The van der Waals surface area contributed by atoms with E-state index in [1.807, 2.05) is 0 Å². The maximum Gasteiger partial charge on any atom is 0.119 e. The van der Waals surface area contributed by atoms with E-state index in [9.17, 15) is 0 Å². The van der Waals surface area contributed by atoms with Crippen molar-refractivity contribution in [3.05, 3.63) is 212 Å². The molecule has 666 valence electrons. The summed E-state index contributed by atoms with van der Waals surface area (Å²) in [5.74, 6) is 5.91. The lowest BCUT2D eigenvalue weighted by molar-refractivity contribution is 0.304. The Kier molecular flexibility index (Phi) is 56.7. The molecule has 7 rings (SSSR count). The van der Waals surface area contributed by atoms with Crippen LogP contribution in [0.3, 0.4) is 0 Å². The van der Waals surface area contributed by atoms with E-state index < -0.39 is 0 Å². The molecule has 0 aliphatic carbocycles. The summed E-state index contributed by atoms with van der Waals surface area (Å²) in [6.45, 7) is 18.5. The molecule has 0 atom stereocenters. The molecule has 0 aromatic heterocycles. The first kappa shape index (κ1) is 100. The fourth-order valence-corrected chi connectivity index (χ4v) is 17.6. The van der Waals surface area contributed by atoms with Gasteiger partial charge in [-0.2, -0.15) is 0 Å². The fourth-order valence-electron chi connectivity index (χ4n) is 17.6. The van der Waals surface area contributed by atoms with Gasteiger partial charge in [0.2, 0.25) is 0 Å². The minimum Gasteiger partial charge on any atom is -0.494 e. The molecular weight excluding hydrogens is 1470 g/mol. The summed E-state index contributed by atoms with van der Waals surface area (Å²) in [5, 5.41) is 0. The molecule has 0 unspecified atom stereocenters. The van der Waals surface area contributed by atoms with Crippen LogP contribution in [0.25, 0.3) is 0 Å². The largest absolute Gasteiger partial charge is 0.494 e. The molecule has 0 saturated carbocycles. The Morgan fingerprint density at radius 3 is 0.350 bits per heavy atom. The van der Waals surface area contributed by atoms with Gasteiger partial charge < -0.3 is 28.4 Å². The monoisotopic (exact) mass is 1640 g/mol. The molecule has 7 aromatic rings. The summed E-state index contributed by atoms with van der Waals surface area (Å²) in [5.41, 5.74) is 17.6. The molecule has 7 aromatic carbocycles. The van der Waals surface area contributed by atoms with Gasteiger partial charge in [0.15, 0.2) is 0 Å². The predicted octanol–water partition coefficient (Wildman–Crippen LogP) is 33.5. The molecular formula is C114H174O6. The number of hydrogen-bond acceptors (Lipinski definition) is 6. The van der Waals surface area contributed by atoms with Crippen LogP contribution in [0.4, 0.5) is 0 Å². The first-order valence-corrected chi connectivity index (χ1v) is 50.9. The van der Waals surface area contributed by atoms with Crippen LogP contribution in [0.5, 0.6) is 34.5 Å². The second-order valence-electron chi connectivity index (χ2n) is 35.7. The lowest BCUT2D eigenvalue weighted by Crippen LogP contribution is -2.18. The molecule has 0 spiro atoms. The van der Waals surface area contributed by atoms with E-state index in [-0.39, 0.29) is 0 Å². The Morgan fingerprint density at radius 1 is 0.125 bits per heavy atom. The average molecular weight is 1640 g/mol. The van der Waals surface area contributed by atoms with E-state index in [0.29, 0.717) is 0 Å². The van der Waals surface area contributed by atoms with Crippen molar-refractivity contribution < 1.29 is 28.4 Å². The van der Waals surface area contributed by atoms with Gasteiger partial charge in [-0.1, -0.05) is 384 Å². The van der Waals surface area contributed by atoms with Gasteiger partial charge >= 0.3 is 0 Å². The van der Waals surface area contributed by atoms with Crippen LogP contribution in [0.1, 0.15) is 417 Å². The van der Waals surface area contributed by atoms with Crippen molar-refractivity contribution in [2.24, 2.45) is 0 Å². The van der Waals surface area contributed by atoms with Gasteiger partial charge in [-0.25, -0.2) is 0 Å². The van der Waals surface area contributed by atoms with Crippen molar-refractivity contribution in [2.45, 2.75) is 427 Å². The van der Waals surface area contributed by atoms with Crippen LogP contribution in [0.2, 0.25) is 0 Å². The van der Waals surface area contributed by atoms with Gasteiger partial charge in [-0.3, -0.25) is 0 Å². The van der Waals surface area contributed by atoms with Crippen molar-refractivity contribution in [1.29, 1.82) is 0 Å². The molecule has 0 bridgehead atoms. The summed E-state index contributed by atoms with van der Waals surface area (Å²) in [7, 11) is 0. The normalized spacial score (nSPS) is 11.4. The quantitative estimate of drug-likeness (QED) is 0.0354. The second kappa shape index (κ2) is 67.8. The smallest absolute Gasteiger partial charge is 0.119 e. The van der Waals surface area contributed by atoms with Gasteiger partial charge in [0, 0.05) is 0 Å². The maximum absolute atomic E-state index is 6.50. The highest BCUT2D eigenvalue weighted by Crippen LogP contribution is 2.37. The Hall–Kier alpha value is -6.66. The number of unbranched alkanes of at least 4 members (excludes halogenated alkanes) is 42. The molecule has 0 aliphatic rings. The van der Waals surface area contributed by atoms with Crippen molar-refractivity contribution in [3.63, 3.8) is 0 Å². The zero-order valence-electron chi connectivity index (χ0n) is 78.0. The molecule has 6 heteroatoms. The topological polar surface area (TPSA) is 55.4 Å². The van der Waals surface area contributed by atoms with Crippen LogP contribution in [-0.2, 0) is 77.0 Å². The van der Waals surface area contributed by atoms with E-state index in [2.05, 4.69) is 187 Å². The highest BCUT2D eigenvalue weighted by molar-refractivity contribution is 5.55. The summed E-state index contributed by atoms with van der Waals surface area (Å²) in [6.07, 6.45) is 73.6. The van der Waals surface area contributed by atoms with Crippen molar-refractivity contribution in [2.75, 3.05) is 39.6 Å². The summed E-state index contributed by atoms with van der Waals surface area (Å²) < 4.78 is 39.0. The van der Waals surface area contributed by atoms with Crippen LogP contribution < -0.4 is 28.4 Å². The van der Waals surface area contributed by atoms with E-state index >= 15 is 0 Å². The predicted molar refractivity (Wildman–Crippen MR) is 518 cm³/mol. The molecule has 0 amide bonds. The van der Waals surface area contributed by atoms with E-state index in [4.69, 9.17) is 28.4 Å². The molecule has 0 saturated heterocycles. The highest BCUT2D eigenvalue weighted by atomic mass is 16.5. The average Bonchev–Trinajstić information content (AvgIpc) is 0.761. The Bertz CT molecular complexity index is 2910. The van der Waals surface area contributed by atoms with Crippen LogP contribution in [0, 0.1) is 0 Å². The number of ether oxygens (including phenoxy) is 6. The molecule has 0 heterocycles. The van der Waals surface area contributed by atoms with Gasteiger partial charge in [-0.05, 0) is 255 Å². The van der Waals surface area contributed by atoms with Gasteiger partial charge in [0.05, 0.1) is 39.6 Å². The van der Waals surface area contributed by atoms with Crippen molar-refractivity contribution in [1.82, 2.24) is 0 Å². The Morgan fingerprint density at radius 2 is 0.233 bits per heavy atom. The van der Waals surface area contributed by atoms with Gasteiger partial charge in [-0.15, -0.1) is 0 Å². The van der Waals surface area contributed by atoms with Gasteiger partial charge in [0.25, 0.3) is 0 Å². The first-order chi connectivity index (χ1) is 59.4. The molecule has 0 fully saturated rings. The third-order valence-corrected chi connectivity index (χ3v) is 25.3. The maximum atomic E-state index is 6.50. The lowest BCUT2D eigenvalue weighted by atomic mass is 9.76. The number of aryl methyl sites for hydroxylation is 6. The third kappa shape index (κ3) is 45.1. The zero-order chi connectivity index (χ0) is 84.3. The Labute approximate surface area is 737 Å². The minimum absolute atomic E-state index is 0.775. The van der Waals surface area contributed by atoms with Crippen molar-refractivity contribution in [3.8, 4) is 34.5 Å². The zero-order valence-corrected chi connectivity index (χ0v) is 78.0. The van der Waals surface area contributed by atoms with Crippen LogP contribution in [0.15, 0.2) is 146 Å². The number of benzene rings is 7.